The third kappa shape index (κ3) is 2.85. The molecule has 3 fully saturated rings. The van der Waals surface area contributed by atoms with E-state index in [9.17, 15) is 4.79 Å². The maximum Gasteiger partial charge on any atom is 0.229 e. The molecule has 0 aliphatic carbocycles. The highest BCUT2D eigenvalue weighted by Crippen LogP contribution is 2.24. The normalized spacial score (nSPS) is 35.0. The number of ether oxygens (including phenoxy) is 1. The largest absolute Gasteiger partial charge is 0.379 e. The van der Waals surface area contributed by atoms with Gasteiger partial charge in [0.25, 0.3) is 0 Å². The highest BCUT2D eigenvalue weighted by Gasteiger charge is 2.38. The molecule has 3 aliphatic heterocycles. The Morgan fingerprint density at radius 3 is 2.95 bits per heavy atom. The Bertz CT molecular complexity index is 350. The number of likely N-dealkylation sites (N-methyl/N-ethyl adjacent to an activating group) is 1. The van der Waals surface area contributed by atoms with Crippen LogP contribution in [0.4, 0.5) is 0 Å². The SMILES string of the molecule is CCNC1COCC1C(=O)N1CCCN2CCCC2C1. The van der Waals surface area contributed by atoms with Gasteiger partial charge in [-0.1, -0.05) is 6.92 Å². The molecule has 0 radical (unpaired) electrons. The van der Waals surface area contributed by atoms with E-state index in [1.807, 2.05) is 0 Å². The fraction of sp³-hybridized carbons (Fsp3) is 0.933. The van der Waals surface area contributed by atoms with Crippen molar-refractivity contribution in [2.75, 3.05) is 45.9 Å². The first-order valence-corrected chi connectivity index (χ1v) is 8.13. The van der Waals surface area contributed by atoms with Gasteiger partial charge in [-0.05, 0) is 32.4 Å². The minimum absolute atomic E-state index is 0.0166. The summed E-state index contributed by atoms with van der Waals surface area (Å²) in [4.78, 5) is 17.5. The van der Waals surface area contributed by atoms with Crippen LogP contribution in [-0.2, 0) is 9.53 Å². The highest BCUT2D eigenvalue weighted by molar-refractivity contribution is 5.80. The molecule has 3 heterocycles. The van der Waals surface area contributed by atoms with E-state index in [0.717, 1.165) is 32.6 Å². The van der Waals surface area contributed by atoms with Crippen molar-refractivity contribution in [1.29, 1.82) is 0 Å². The third-order valence-corrected chi connectivity index (χ3v) is 4.98. The number of fused-ring (bicyclic) bond motifs is 1. The van der Waals surface area contributed by atoms with E-state index < -0.39 is 0 Å². The first-order chi connectivity index (χ1) is 9.79. The molecule has 0 saturated carbocycles. The summed E-state index contributed by atoms with van der Waals surface area (Å²) in [5.74, 6) is 0.324. The number of carbonyl (C=O) groups excluding carboxylic acids is 1. The summed E-state index contributed by atoms with van der Waals surface area (Å²) in [7, 11) is 0. The van der Waals surface area contributed by atoms with Crippen LogP contribution < -0.4 is 5.32 Å². The second kappa shape index (κ2) is 6.41. The van der Waals surface area contributed by atoms with Crippen molar-refractivity contribution in [3.05, 3.63) is 0 Å². The fourth-order valence-corrected chi connectivity index (χ4v) is 3.90. The summed E-state index contributed by atoms with van der Waals surface area (Å²) in [5, 5.41) is 3.39. The lowest BCUT2D eigenvalue weighted by molar-refractivity contribution is -0.136. The molecule has 3 aliphatic rings. The van der Waals surface area contributed by atoms with Gasteiger partial charge in [-0.2, -0.15) is 0 Å². The summed E-state index contributed by atoms with van der Waals surface area (Å²) in [5.41, 5.74) is 0. The Labute approximate surface area is 121 Å². The lowest BCUT2D eigenvalue weighted by atomic mass is 10.0. The van der Waals surface area contributed by atoms with Crippen molar-refractivity contribution in [3.8, 4) is 0 Å². The molecule has 5 heteroatoms. The molecule has 0 aromatic rings. The van der Waals surface area contributed by atoms with Gasteiger partial charge in [0.05, 0.1) is 19.1 Å². The Hall–Kier alpha value is -0.650. The van der Waals surface area contributed by atoms with Crippen LogP contribution in [0.1, 0.15) is 26.2 Å². The van der Waals surface area contributed by atoms with Crippen molar-refractivity contribution in [2.24, 2.45) is 5.92 Å². The molecule has 3 saturated heterocycles. The van der Waals surface area contributed by atoms with Crippen molar-refractivity contribution < 1.29 is 9.53 Å². The molecule has 114 valence electrons. The van der Waals surface area contributed by atoms with Crippen LogP contribution in [0.3, 0.4) is 0 Å². The maximum atomic E-state index is 12.8. The Morgan fingerprint density at radius 1 is 1.25 bits per heavy atom. The second-order valence-electron chi connectivity index (χ2n) is 6.28. The average Bonchev–Trinajstić information content (AvgIpc) is 3.03. The third-order valence-electron chi connectivity index (χ3n) is 4.98. The van der Waals surface area contributed by atoms with Crippen LogP contribution in [0.15, 0.2) is 0 Å². The van der Waals surface area contributed by atoms with Crippen molar-refractivity contribution >= 4 is 5.91 Å². The number of nitrogens with zero attached hydrogens (tertiary/aromatic N) is 2. The molecule has 3 rings (SSSR count). The van der Waals surface area contributed by atoms with E-state index in [-0.39, 0.29) is 12.0 Å². The van der Waals surface area contributed by atoms with Crippen LogP contribution in [0.25, 0.3) is 0 Å². The lowest BCUT2D eigenvalue weighted by Gasteiger charge is -2.29. The lowest BCUT2D eigenvalue weighted by Crippen LogP contribution is -2.48. The van der Waals surface area contributed by atoms with Crippen molar-refractivity contribution in [1.82, 2.24) is 15.1 Å². The second-order valence-corrected chi connectivity index (χ2v) is 6.28. The molecular formula is C15H27N3O2. The van der Waals surface area contributed by atoms with Gasteiger partial charge < -0.3 is 15.0 Å². The highest BCUT2D eigenvalue weighted by atomic mass is 16.5. The van der Waals surface area contributed by atoms with Crippen LogP contribution in [0.2, 0.25) is 0 Å². The van der Waals surface area contributed by atoms with E-state index in [1.54, 1.807) is 0 Å². The number of rotatable bonds is 3. The van der Waals surface area contributed by atoms with Crippen LogP contribution in [-0.4, -0.2) is 73.7 Å². The number of hydrogen-bond donors (Lipinski definition) is 1. The molecule has 1 amide bonds. The van der Waals surface area contributed by atoms with Crippen LogP contribution in [0.5, 0.6) is 0 Å². The number of carbonyl (C=O) groups is 1. The van der Waals surface area contributed by atoms with E-state index in [1.165, 1.54) is 19.4 Å². The predicted octanol–water partition coefficient (Wildman–Crippen LogP) is 0.308. The molecule has 0 aromatic heterocycles. The van der Waals surface area contributed by atoms with Gasteiger partial charge >= 0.3 is 0 Å². The molecular weight excluding hydrogens is 254 g/mol. The molecule has 0 bridgehead atoms. The smallest absolute Gasteiger partial charge is 0.229 e. The zero-order valence-electron chi connectivity index (χ0n) is 12.5. The summed E-state index contributed by atoms with van der Waals surface area (Å²) >= 11 is 0. The summed E-state index contributed by atoms with van der Waals surface area (Å²) < 4.78 is 5.53. The maximum absolute atomic E-state index is 12.8. The van der Waals surface area contributed by atoms with Gasteiger partial charge in [-0.15, -0.1) is 0 Å². The first kappa shape index (κ1) is 14.3. The average molecular weight is 281 g/mol. The summed E-state index contributed by atoms with van der Waals surface area (Å²) in [6.45, 7) is 8.46. The molecule has 3 unspecified atom stereocenters. The molecule has 1 N–H and O–H groups in total. The zero-order valence-corrected chi connectivity index (χ0v) is 12.5. The monoisotopic (exact) mass is 281 g/mol. The van der Waals surface area contributed by atoms with Gasteiger partial charge in [0, 0.05) is 31.7 Å². The summed E-state index contributed by atoms with van der Waals surface area (Å²) in [6, 6.07) is 0.803. The molecule has 0 aromatic carbocycles. The number of amides is 1. The van der Waals surface area contributed by atoms with E-state index in [4.69, 9.17) is 4.74 Å². The molecule has 20 heavy (non-hydrogen) atoms. The number of hydrogen-bond acceptors (Lipinski definition) is 4. The molecule has 5 nitrogen and oxygen atoms in total. The van der Waals surface area contributed by atoms with Gasteiger partial charge in [-0.25, -0.2) is 0 Å². The van der Waals surface area contributed by atoms with Crippen molar-refractivity contribution in [3.63, 3.8) is 0 Å². The van der Waals surface area contributed by atoms with Gasteiger partial charge in [0.15, 0.2) is 0 Å². The quantitative estimate of drug-likeness (QED) is 0.808. The Kier molecular flexibility index (Phi) is 4.58. The minimum atomic E-state index is 0.0166. The van der Waals surface area contributed by atoms with Gasteiger partial charge in [0.2, 0.25) is 5.91 Å². The van der Waals surface area contributed by atoms with Gasteiger partial charge in [0.1, 0.15) is 0 Å². The summed E-state index contributed by atoms with van der Waals surface area (Å²) in [6.07, 6.45) is 3.66. The topological polar surface area (TPSA) is 44.8 Å². The Balaban J connectivity index is 1.63. The number of nitrogens with one attached hydrogen (secondary N) is 1. The first-order valence-electron chi connectivity index (χ1n) is 8.13. The molecule has 0 spiro atoms. The van der Waals surface area contributed by atoms with Crippen LogP contribution in [0, 0.1) is 5.92 Å². The molecule has 3 atom stereocenters. The van der Waals surface area contributed by atoms with Crippen molar-refractivity contribution in [2.45, 2.75) is 38.3 Å². The van der Waals surface area contributed by atoms with E-state index in [0.29, 0.717) is 25.2 Å². The van der Waals surface area contributed by atoms with E-state index in [2.05, 4.69) is 22.0 Å². The standard InChI is InChI=1S/C15H27N3O2/c1-2-16-14-11-20-10-13(14)15(19)18-8-4-7-17-6-3-5-12(17)9-18/h12-14,16H,2-11H2,1H3. The Morgan fingerprint density at radius 2 is 2.10 bits per heavy atom. The van der Waals surface area contributed by atoms with Crippen LogP contribution >= 0.6 is 0 Å². The van der Waals surface area contributed by atoms with Gasteiger partial charge in [-0.3, -0.25) is 9.69 Å². The van der Waals surface area contributed by atoms with E-state index >= 15 is 0 Å². The zero-order chi connectivity index (χ0) is 13.9. The fourth-order valence-electron chi connectivity index (χ4n) is 3.90. The predicted molar refractivity (Wildman–Crippen MR) is 77.6 cm³/mol. The minimum Gasteiger partial charge on any atom is -0.379 e.